The van der Waals surface area contributed by atoms with Crippen LogP contribution < -0.4 is 20.4 Å². The van der Waals surface area contributed by atoms with Crippen LogP contribution in [0.25, 0.3) is 16.6 Å². The van der Waals surface area contributed by atoms with E-state index in [1.165, 1.54) is 6.07 Å². The molecule has 2 N–H and O–H groups in total. The normalized spacial score (nSPS) is 17.0. The van der Waals surface area contributed by atoms with Gasteiger partial charge in [-0.15, -0.1) is 0 Å². The molecular weight excluding hydrogens is 559 g/mol. The molecule has 42 heavy (non-hydrogen) atoms. The van der Waals surface area contributed by atoms with Gasteiger partial charge in [-0.3, -0.25) is 14.5 Å². The molecule has 0 unspecified atom stereocenters. The summed E-state index contributed by atoms with van der Waals surface area (Å²) in [5, 5.41) is 3.46. The zero-order chi connectivity index (χ0) is 28.8. The lowest BCUT2D eigenvalue weighted by Gasteiger charge is -2.37. The number of fused-ring (bicyclic) bond motifs is 2. The van der Waals surface area contributed by atoms with Crippen molar-refractivity contribution in [1.29, 1.82) is 0 Å². The summed E-state index contributed by atoms with van der Waals surface area (Å²) in [5.41, 5.74) is 1.94. The molecule has 0 aliphatic carbocycles. The number of halogens is 2. The molecule has 0 bridgehead atoms. The Morgan fingerprint density at radius 1 is 1.05 bits per heavy atom. The molecule has 0 saturated carbocycles. The van der Waals surface area contributed by atoms with Gasteiger partial charge in [0.15, 0.2) is 17.3 Å². The standard InChI is InChI=1S/C31H32ClFN6O3/c32-20-5-6-25-26(16-20)42-30-27-22(29(40)23(19-39(25)27)31(41)35-8-11-36-9-1-2-10-36)17-24(33)28(30)38-14-12-37(13-15-38)18-21-4-3-7-34-21/h3-7,16-17,19,34H,1-2,8-15,18H2,(H,35,41). The van der Waals surface area contributed by atoms with Crippen LogP contribution >= 0.6 is 11.6 Å². The van der Waals surface area contributed by atoms with Gasteiger partial charge in [0.05, 0.1) is 11.1 Å². The van der Waals surface area contributed by atoms with E-state index in [1.54, 1.807) is 29.0 Å². The average Bonchev–Trinajstić information content (AvgIpc) is 3.70. The Morgan fingerprint density at radius 3 is 2.62 bits per heavy atom. The first-order valence-corrected chi connectivity index (χ1v) is 14.8. The van der Waals surface area contributed by atoms with Crippen molar-refractivity contribution >= 4 is 34.1 Å². The maximum Gasteiger partial charge on any atom is 0.256 e. The lowest BCUT2D eigenvalue weighted by molar-refractivity contribution is 0.0948. The van der Waals surface area contributed by atoms with E-state index in [1.807, 2.05) is 17.2 Å². The van der Waals surface area contributed by atoms with E-state index in [-0.39, 0.29) is 16.7 Å². The molecule has 1 amide bonds. The monoisotopic (exact) mass is 590 g/mol. The Kier molecular flexibility index (Phi) is 7.13. The van der Waals surface area contributed by atoms with Crippen LogP contribution in [0.3, 0.4) is 0 Å². The Morgan fingerprint density at radius 2 is 1.86 bits per heavy atom. The van der Waals surface area contributed by atoms with Crippen molar-refractivity contribution in [2.75, 3.05) is 57.3 Å². The largest absolute Gasteiger partial charge is 0.451 e. The summed E-state index contributed by atoms with van der Waals surface area (Å²) < 4.78 is 24.1. The fourth-order valence-corrected chi connectivity index (χ4v) is 6.47. The van der Waals surface area contributed by atoms with Crippen LogP contribution in [-0.4, -0.2) is 77.6 Å². The summed E-state index contributed by atoms with van der Waals surface area (Å²) in [6.07, 6.45) is 5.78. The number of rotatable bonds is 7. The fraction of sp³-hybridized carbons (Fsp3) is 0.355. The van der Waals surface area contributed by atoms with Crippen LogP contribution in [0.2, 0.25) is 5.02 Å². The molecule has 3 aliphatic rings. The number of ether oxygens (including phenoxy) is 1. The van der Waals surface area contributed by atoms with Gasteiger partial charge in [0, 0.05) is 75.0 Å². The van der Waals surface area contributed by atoms with Crippen molar-refractivity contribution in [3.63, 3.8) is 0 Å². The van der Waals surface area contributed by atoms with Crippen molar-refractivity contribution in [3.8, 4) is 17.2 Å². The molecule has 2 saturated heterocycles. The minimum Gasteiger partial charge on any atom is -0.451 e. The lowest BCUT2D eigenvalue weighted by atomic mass is 10.0. The summed E-state index contributed by atoms with van der Waals surface area (Å²) in [7, 11) is 0. The minimum atomic E-state index is -0.559. The van der Waals surface area contributed by atoms with Gasteiger partial charge in [-0.05, 0) is 56.3 Å². The summed E-state index contributed by atoms with van der Waals surface area (Å²) in [5.74, 6) is -0.347. The second-order valence-corrected chi connectivity index (χ2v) is 11.6. The van der Waals surface area contributed by atoms with Crippen molar-refractivity contribution in [1.82, 2.24) is 24.7 Å². The van der Waals surface area contributed by atoms with E-state index in [9.17, 15) is 9.59 Å². The number of anilines is 1. The SMILES string of the molecule is O=C(NCCN1CCCC1)c1cn2c3c(c(N4CCN(Cc5ccc[nH]5)CC4)c(F)cc3c1=O)Oc1cc(Cl)ccc1-2. The highest BCUT2D eigenvalue weighted by Crippen LogP contribution is 2.47. The van der Waals surface area contributed by atoms with Gasteiger partial charge >= 0.3 is 0 Å². The maximum absolute atomic E-state index is 16.0. The van der Waals surface area contributed by atoms with Gasteiger partial charge in [-0.2, -0.15) is 0 Å². The summed E-state index contributed by atoms with van der Waals surface area (Å²) >= 11 is 6.32. The van der Waals surface area contributed by atoms with E-state index in [0.717, 1.165) is 57.8 Å². The molecule has 2 aromatic heterocycles. The minimum absolute atomic E-state index is 0.0391. The maximum atomic E-state index is 16.0. The topological polar surface area (TPSA) is 85.8 Å². The Labute approximate surface area is 247 Å². The molecule has 9 nitrogen and oxygen atoms in total. The molecule has 2 fully saturated rings. The highest BCUT2D eigenvalue weighted by molar-refractivity contribution is 6.30. The highest BCUT2D eigenvalue weighted by atomic mass is 35.5. The fourth-order valence-electron chi connectivity index (χ4n) is 6.30. The second-order valence-electron chi connectivity index (χ2n) is 11.2. The van der Waals surface area contributed by atoms with Gasteiger partial charge in [-0.25, -0.2) is 4.39 Å². The van der Waals surface area contributed by atoms with E-state index in [2.05, 4.69) is 26.2 Å². The number of aromatic nitrogens is 2. The van der Waals surface area contributed by atoms with Crippen LogP contribution in [0.1, 0.15) is 28.9 Å². The third kappa shape index (κ3) is 4.93. The van der Waals surface area contributed by atoms with Gasteiger partial charge in [0.25, 0.3) is 5.91 Å². The van der Waals surface area contributed by atoms with Gasteiger partial charge in [0.1, 0.15) is 16.8 Å². The van der Waals surface area contributed by atoms with Crippen LogP contribution in [0.5, 0.6) is 11.5 Å². The van der Waals surface area contributed by atoms with Crippen molar-refractivity contribution in [2.24, 2.45) is 0 Å². The third-order valence-corrected chi connectivity index (χ3v) is 8.70. The zero-order valence-electron chi connectivity index (χ0n) is 23.2. The number of carbonyl (C=O) groups excluding carboxylic acids is 1. The first-order valence-electron chi connectivity index (χ1n) is 14.5. The Balaban J connectivity index is 1.25. The molecule has 7 rings (SSSR count). The number of nitrogens with zero attached hydrogens (tertiary/aromatic N) is 4. The lowest BCUT2D eigenvalue weighted by Crippen LogP contribution is -2.46. The number of nitrogens with one attached hydrogen (secondary N) is 2. The Bertz CT molecular complexity index is 1710. The molecule has 3 aliphatic heterocycles. The smallest absolute Gasteiger partial charge is 0.256 e. The predicted octanol–water partition coefficient (Wildman–Crippen LogP) is 4.36. The van der Waals surface area contributed by atoms with Crippen LogP contribution in [0.15, 0.2) is 53.6 Å². The molecule has 11 heteroatoms. The van der Waals surface area contributed by atoms with Gasteiger partial charge < -0.3 is 29.4 Å². The van der Waals surface area contributed by atoms with Crippen LogP contribution in [0, 0.1) is 5.82 Å². The first kappa shape index (κ1) is 27.0. The molecule has 4 aromatic rings. The molecule has 0 radical (unpaired) electrons. The number of hydrogen-bond donors (Lipinski definition) is 2. The van der Waals surface area contributed by atoms with Crippen molar-refractivity contribution in [2.45, 2.75) is 19.4 Å². The molecular formula is C31H32ClFN6O3. The summed E-state index contributed by atoms with van der Waals surface area (Å²) in [6.45, 7) is 6.63. The van der Waals surface area contributed by atoms with E-state index in [4.69, 9.17) is 16.3 Å². The molecule has 218 valence electrons. The third-order valence-electron chi connectivity index (χ3n) is 8.47. The van der Waals surface area contributed by atoms with Crippen LogP contribution in [-0.2, 0) is 6.54 Å². The molecule has 2 aromatic carbocycles. The molecule has 0 atom stereocenters. The summed E-state index contributed by atoms with van der Waals surface area (Å²) in [6, 6.07) is 10.5. The number of carbonyl (C=O) groups is 1. The number of hydrogen-bond acceptors (Lipinski definition) is 6. The van der Waals surface area contributed by atoms with Gasteiger partial charge in [0.2, 0.25) is 5.43 Å². The highest BCUT2D eigenvalue weighted by Gasteiger charge is 2.32. The number of H-pyrrole nitrogens is 1. The second kappa shape index (κ2) is 11.1. The Hall–Kier alpha value is -3.86. The van der Waals surface area contributed by atoms with Crippen LogP contribution in [0.4, 0.5) is 10.1 Å². The number of aromatic amines is 1. The number of amides is 1. The first-order chi connectivity index (χ1) is 20.5. The average molecular weight is 591 g/mol. The number of benzene rings is 2. The van der Waals surface area contributed by atoms with E-state index < -0.39 is 17.2 Å². The van der Waals surface area contributed by atoms with Gasteiger partial charge in [-0.1, -0.05) is 11.6 Å². The molecule has 0 spiro atoms. The molecule has 5 heterocycles. The zero-order valence-corrected chi connectivity index (χ0v) is 23.9. The number of likely N-dealkylation sites (tertiary alicyclic amines) is 1. The van der Waals surface area contributed by atoms with E-state index in [0.29, 0.717) is 47.3 Å². The van der Waals surface area contributed by atoms with Crippen molar-refractivity contribution in [3.05, 3.63) is 81.1 Å². The quantitative estimate of drug-likeness (QED) is 0.293. The number of piperazine rings is 1. The van der Waals surface area contributed by atoms with Crippen molar-refractivity contribution < 1.29 is 13.9 Å². The van der Waals surface area contributed by atoms with E-state index >= 15 is 4.39 Å². The predicted molar refractivity (Wildman–Crippen MR) is 161 cm³/mol. The summed E-state index contributed by atoms with van der Waals surface area (Å²) in [4.78, 5) is 36.8. The number of pyridine rings is 1.